The highest BCUT2D eigenvalue weighted by molar-refractivity contribution is 7.55. The highest BCUT2D eigenvalue weighted by Gasteiger charge is 2.47. The number of hydrogen-bond acceptors (Lipinski definition) is 5. The largest absolute Gasteiger partial charge is 0.347 e. The lowest BCUT2D eigenvalue weighted by atomic mass is 10.1. The van der Waals surface area contributed by atoms with Crippen LogP contribution in [0.15, 0.2) is 35.1 Å². The third-order valence-electron chi connectivity index (χ3n) is 3.91. The first-order valence-corrected chi connectivity index (χ1v) is 9.39. The summed E-state index contributed by atoms with van der Waals surface area (Å²) in [6.07, 6.45) is 0. The number of aryl methyl sites for hydroxylation is 1. The molecule has 0 aliphatic carbocycles. The van der Waals surface area contributed by atoms with Crippen LogP contribution >= 0.6 is 7.60 Å². The van der Waals surface area contributed by atoms with E-state index in [-0.39, 0.29) is 18.8 Å². The van der Waals surface area contributed by atoms with Crippen LogP contribution in [-0.4, -0.2) is 28.5 Å². The second-order valence-corrected chi connectivity index (χ2v) is 7.54. The van der Waals surface area contributed by atoms with Gasteiger partial charge in [0.2, 0.25) is 0 Å². The molecule has 24 heavy (non-hydrogen) atoms. The summed E-state index contributed by atoms with van der Waals surface area (Å²) in [6.45, 7) is 5.36. The van der Waals surface area contributed by atoms with E-state index >= 15 is 0 Å². The Morgan fingerprint density at radius 3 is 2.33 bits per heavy atom. The number of nitrogens with zero attached hydrogens (tertiary/aromatic N) is 2. The number of rotatable bonds is 5. The van der Waals surface area contributed by atoms with Gasteiger partial charge >= 0.3 is 7.60 Å². The third kappa shape index (κ3) is 2.40. The van der Waals surface area contributed by atoms with Crippen LogP contribution in [0.4, 0.5) is 0 Å². The lowest BCUT2D eigenvalue weighted by Crippen LogP contribution is -2.36. The van der Waals surface area contributed by atoms with E-state index < -0.39 is 19.2 Å². The number of hydrogen-bond donors (Lipinski definition) is 0. The zero-order valence-electron chi connectivity index (χ0n) is 13.8. The Morgan fingerprint density at radius 1 is 1.08 bits per heavy atom. The smallest absolute Gasteiger partial charge is 0.308 e. The number of para-hydroxylation sites is 1. The van der Waals surface area contributed by atoms with Crippen molar-refractivity contribution in [3.63, 3.8) is 0 Å². The minimum Gasteiger partial charge on any atom is -0.308 e. The van der Waals surface area contributed by atoms with Crippen molar-refractivity contribution >= 4 is 13.5 Å². The summed E-state index contributed by atoms with van der Waals surface area (Å²) >= 11 is 0. The summed E-state index contributed by atoms with van der Waals surface area (Å²) in [4.78, 5) is 25.3. The molecule has 0 N–H and O–H groups in total. The molecular weight excluding hydrogens is 331 g/mol. The van der Waals surface area contributed by atoms with E-state index in [1.54, 1.807) is 45.0 Å². The van der Waals surface area contributed by atoms with Crippen molar-refractivity contribution in [3.05, 3.63) is 51.9 Å². The summed E-state index contributed by atoms with van der Waals surface area (Å²) in [5.41, 5.74) is 0.0535. The van der Waals surface area contributed by atoms with Gasteiger partial charge < -0.3 is 9.05 Å². The molecule has 0 radical (unpaired) electrons. The Morgan fingerprint density at radius 2 is 1.71 bits per heavy atom. The standard InChI is InChI=1S/C16H19N2O5P/c1-4-22-24(21,23-5-2)15-12-8-6-7-9-13(12)18-14(19)10-11(3)17(18)16(15)20/h6-10,15H,4-5H2,1-3H3. The molecule has 0 amide bonds. The highest BCUT2D eigenvalue weighted by atomic mass is 31.2. The summed E-state index contributed by atoms with van der Waals surface area (Å²) < 4.78 is 26.7. The van der Waals surface area contributed by atoms with Gasteiger partial charge in [-0.05, 0) is 26.8 Å². The van der Waals surface area contributed by atoms with Crippen LogP contribution in [0, 0.1) is 6.92 Å². The zero-order chi connectivity index (χ0) is 17.5. The van der Waals surface area contributed by atoms with Gasteiger partial charge in [-0.25, -0.2) is 9.36 Å². The monoisotopic (exact) mass is 350 g/mol. The molecule has 0 spiro atoms. The van der Waals surface area contributed by atoms with Crippen molar-refractivity contribution < 1.29 is 18.4 Å². The van der Waals surface area contributed by atoms with Crippen molar-refractivity contribution in [3.8, 4) is 5.69 Å². The highest BCUT2D eigenvalue weighted by Crippen LogP contribution is 2.63. The van der Waals surface area contributed by atoms with Gasteiger partial charge in [-0.3, -0.25) is 14.2 Å². The number of carbonyl (C=O) groups excluding carboxylic acids is 1. The van der Waals surface area contributed by atoms with Gasteiger partial charge in [-0.15, -0.1) is 0 Å². The van der Waals surface area contributed by atoms with Crippen LogP contribution in [0.3, 0.4) is 0 Å². The molecule has 8 heteroatoms. The van der Waals surface area contributed by atoms with E-state index in [1.807, 2.05) is 0 Å². The molecule has 1 aliphatic rings. The molecule has 0 saturated heterocycles. The van der Waals surface area contributed by atoms with Crippen molar-refractivity contribution in [2.75, 3.05) is 13.2 Å². The predicted octanol–water partition coefficient (Wildman–Crippen LogP) is 2.91. The third-order valence-corrected chi connectivity index (χ3v) is 6.28. The first kappa shape index (κ1) is 16.9. The molecule has 1 atom stereocenters. The number of benzene rings is 1. The van der Waals surface area contributed by atoms with Gasteiger partial charge in [0.25, 0.3) is 11.5 Å². The maximum absolute atomic E-state index is 13.3. The molecule has 1 aromatic carbocycles. The van der Waals surface area contributed by atoms with Gasteiger partial charge in [0, 0.05) is 17.3 Å². The lowest BCUT2D eigenvalue weighted by molar-refractivity contribution is 0.0848. The van der Waals surface area contributed by atoms with Crippen molar-refractivity contribution in [2.24, 2.45) is 0 Å². The quantitative estimate of drug-likeness (QED) is 0.775. The molecule has 7 nitrogen and oxygen atoms in total. The second kappa shape index (κ2) is 6.16. The molecular formula is C16H19N2O5P. The van der Waals surface area contributed by atoms with E-state index in [0.29, 0.717) is 16.9 Å². The maximum Gasteiger partial charge on any atom is 0.347 e. The van der Waals surface area contributed by atoms with Crippen molar-refractivity contribution in [2.45, 2.75) is 26.4 Å². The fourth-order valence-electron chi connectivity index (χ4n) is 3.07. The normalized spacial score (nSPS) is 16.8. The molecule has 2 aromatic rings. The Labute approximate surface area is 139 Å². The molecule has 0 fully saturated rings. The first-order chi connectivity index (χ1) is 11.4. The molecule has 128 valence electrons. The average Bonchev–Trinajstić information content (AvgIpc) is 2.83. The van der Waals surface area contributed by atoms with Gasteiger partial charge in [0.1, 0.15) is 0 Å². The summed E-state index contributed by atoms with van der Waals surface area (Å²) in [6, 6.07) is 8.27. The Hall–Kier alpha value is -1.95. The van der Waals surface area contributed by atoms with Crippen LogP contribution in [0.25, 0.3) is 5.69 Å². The van der Waals surface area contributed by atoms with E-state index in [1.165, 1.54) is 15.4 Å². The summed E-state index contributed by atoms with van der Waals surface area (Å²) in [5.74, 6) is -0.487. The topological polar surface area (TPSA) is 79.5 Å². The van der Waals surface area contributed by atoms with Crippen molar-refractivity contribution in [1.29, 1.82) is 0 Å². The second-order valence-electron chi connectivity index (χ2n) is 5.42. The summed E-state index contributed by atoms with van der Waals surface area (Å²) in [7, 11) is -3.74. The van der Waals surface area contributed by atoms with Crippen LogP contribution < -0.4 is 5.56 Å². The fraction of sp³-hybridized carbons (Fsp3) is 0.375. The predicted molar refractivity (Wildman–Crippen MR) is 89.0 cm³/mol. The number of fused-ring (bicyclic) bond motifs is 3. The Kier molecular flexibility index (Phi) is 4.34. The molecule has 2 heterocycles. The molecule has 1 aliphatic heterocycles. The SMILES string of the molecule is CCOP(=O)(OCC)C1C(=O)n2c(C)cc(=O)n2-c2ccccc21. The zero-order valence-corrected chi connectivity index (χ0v) is 14.7. The molecule has 3 rings (SSSR count). The minimum atomic E-state index is -3.74. The van der Waals surface area contributed by atoms with Crippen molar-refractivity contribution in [1.82, 2.24) is 9.36 Å². The van der Waals surface area contributed by atoms with Gasteiger partial charge in [0.15, 0.2) is 5.66 Å². The molecule has 0 saturated carbocycles. The fourth-order valence-corrected chi connectivity index (χ4v) is 5.10. The van der Waals surface area contributed by atoms with Crippen LogP contribution in [0.5, 0.6) is 0 Å². The maximum atomic E-state index is 13.3. The first-order valence-electron chi connectivity index (χ1n) is 7.78. The van der Waals surface area contributed by atoms with Gasteiger partial charge in [0.05, 0.1) is 18.9 Å². The minimum absolute atomic E-state index is 0.153. The van der Waals surface area contributed by atoms with E-state index in [2.05, 4.69) is 0 Å². The van der Waals surface area contributed by atoms with Crippen LogP contribution in [0.2, 0.25) is 0 Å². The van der Waals surface area contributed by atoms with E-state index in [4.69, 9.17) is 9.05 Å². The van der Waals surface area contributed by atoms with Crippen LogP contribution in [-0.2, 0) is 13.6 Å². The number of carbonyl (C=O) groups is 1. The summed E-state index contributed by atoms with van der Waals surface area (Å²) in [5, 5.41) is 0. The van der Waals surface area contributed by atoms with E-state index in [0.717, 1.165) is 0 Å². The molecule has 1 unspecified atom stereocenters. The Balaban J connectivity index is 2.30. The molecule has 1 aromatic heterocycles. The van der Waals surface area contributed by atoms with Crippen LogP contribution in [0.1, 0.15) is 35.6 Å². The lowest BCUT2D eigenvalue weighted by Gasteiger charge is -2.31. The molecule has 0 bridgehead atoms. The Bertz CT molecular complexity index is 888. The van der Waals surface area contributed by atoms with E-state index in [9.17, 15) is 14.2 Å². The number of aromatic nitrogens is 2. The average molecular weight is 350 g/mol. The van der Waals surface area contributed by atoms with Gasteiger partial charge in [-0.2, -0.15) is 0 Å². The van der Waals surface area contributed by atoms with Gasteiger partial charge in [-0.1, -0.05) is 18.2 Å².